The SMILES string of the molecule is Cc1nc(N)c(C)c(-c2ccc(F)cc2C)n1. The molecule has 0 fully saturated rings. The van der Waals surface area contributed by atoms with Gasteiger partial charge in [0.05, 0.1) is 5.69 Å². The number of nitrogens with zero attached hydrogens (tertiary/aromatic N) is 2. The molecular formula is C13H14FN3. The number of nitrogen functional groups attached to an aromatic ring is 1. The third-order valence-corrected chi connectivity index (χ3v) is 2.74. The Morgan fingerprint density at radius 3 is 2.47 bits per heavy atom. The van der Waals surface area contributed by atoms with Crippen LogP contribution in [0.15, 0.2) is 18.2 Å². The molecule has 88 valence electrons. The second-order valence-electron chi connectivity index (χ2n) is 4.09. The van der Waals surface area contributed by atoms with E-state index in [9.17, 15) is 4.39 Å². The van der Waals surface area contributed by atoms with Crippen molar-refractivity contribution in [1.82, 2.24) is 9.97 Å². The van der Waals surface area contributed by atoms with E-state index >= 15 is 0 Å². The Hall–Kier alpha value is -1.97. The van der Waals surface area contributed by atoms with Crippen molar-refractivity contribution in [2.75, 3.05) is 5.73 Å². The van der Waals surface area contributed by atoms with Gasteiger partial charge in [0.2, 0.25) is 0 Å². The zero-order valence-corrected chi connectivity index (χ0v) is 10.1. The van der Waals surface area contributed by atoms with Crippen molar-refractivity contribution in [3.8, 4) is 11.3 Å². The number of aryl methyl sites for hydroxylation is 2. The van der Waals surface area contributed by atoms with Gasteiger partial charge in [-0.2, -0.15) is 0 Å². The van der Waals surface area contributed by atoms with Gasteiger partial charge < -0.3 is 5.73 Å². The molecule has 2 N–H and O–H groups in total. The molecule has 4 heteroatoms. The highest BCUT2D eigenvalue weighted by atomic mass is 19.1. The summed E-state index contributed by atoms with van der Waals surface area (Å²) in [6, 6.07) is 4.64. The van der Waals surface area contributed by atoms with Crippen LogP contribution in [0.1, 0.15) is 17.0 Å². The lowest BCUT2D eigenvalue weighted by molar-refractivity contribution is 0.627. The summed E-state index contributed by atoms with van der Waals surface area (Å²) < 4.78 is 13.1. The van der Waals surface area contributed by atoms with Crippen LogP contribution in [0, 0.1) is 26.6 Å². The lowest BCUT2D eigenvalue weighted by Crippen LogP contribution is -2.02. The second kappa shape index (κ2) is 4.13. The predicted molar refractivity (Wildman–Crippen MR) is 66.0 cm³/mol. The van der Waals surface area contributed by atoms with E-state index in [1.165, 1.54) is 12.1 Å². The van der Waals surface area contributed by atoms with Gasteiger partial charge in [-0.15, -0.1) is 0 Å². The van der Waals surface area contributed by atoms with E-state index in [-0.39, 0.29) is 5.82 Å². The first kappa shape index (κ1) is 11.5. The molecule has 0 spiro atoms. The van der Waals surface area contributed by atoms with Gasteiger partial charge in [-0.1, -0.05) is 0 Å². The van der Waals surface area contributed by atoms with Crippen LogP contribution in [0.2, 0.25) is 0 Å². The first-order valence-corrected chi connectivity index (χ1v) is 5.36. The molecule has 2 aromatic rings. The standard InChI is InChI=1S/C13H14FN3/c1-7-6-10(14)4-5-11(7)12-8(2)13(15)17-9(3)16-12/h4-6H,1-3H3,(H2,15,16,17). The summed E-state index contributed by atoms with van der Waals surface area (Å²) in [7, 11) is 0. The van der Waals surface area contributed by atoms with Crippen molar-refractivity contribution in [3.63, 3.8) is 0 Å². The van der Waals surface area contributed by atoms with Crippen LogP contribution in [-0.4, -0.2) is 9.97 Å². The first-order chi connectivity index (χ1) is 7.99. The fourth-order valence-electron chi connectivity index (χ4n) is 1.81. The minimum absolute atomic E-state index is 0.248. The van der Waals surface area contributed by atoms with E-state index in [1.54, 1.807) is 13.0 Å². The van der Waals surface area contributed by atoms with Gasteiger partial charge in [-0.05, 0) is 44.5 Å². The first-order valence-electron chi connectivity index (χ1n) is 5.36. The molecule has 0 bridgehead atoms. The third kappa shape index (κ3) is 2.11. The Morgan fingerprint density at radius 2 is 1.82 bits per heavy atom. The van der Waals surface area contributed by atoms with Gasteiger partial charge in [0.15, 0.2) is 0 Å². The number of benzene rings is 1. The van der Waals surface area contributed by atoms with Crippen molar-refractivity contribution in [2.45, 2.75) is 20.8 Å². The summed E-state index contributed by atoms with van der Waals surface area (Å²) in [5.74, 6) is 0.839. The summed E-state index contributed by atoms with van der Waals surface area (Å²) >= 11 is 0. The molecule has 0 atom stereocenters. The largest absolute Gasteiger partial charge is 0.383 e. The molecule has 0 amide bonds. The second-order valence-corrected chi connectivity index (χ2v) is 4.09. The number of nitrogens with two attached hydrogens (primary N) is 1. The number of aromatic nitrogens is 2. The predicted octanol–water partition coefficient (Wildman–Crippen LogP) is 2.79. The molecule has 0 aliphatic carbocycles. The quantitative estimate of drug-likeness (QED) is 0.821. The molecule has 0 aliphatic heterocycles. The fourth-order valence-corrected chi connectivity index (χ4v) is 1.81. The zero-order chi connectivity index (χ0) is 12.6. The van der Waals surface area contributed by atoms with Crippen molar-refractivity contribution < 1.29 is 4.39 Å². The number of halogens is 1. The normalized spacial score (nSPS) is 10.6. The molecule has 2 rings (SSSR count). The van der Waals surface area contributed by atoms with E-state index in [4.69, 9.17) is 5.73 Å². The Labute approximate surface area is 99.5 Å². The van der Waals surface area contributed by atoms with E-state index in [2.05, 4.69) is 9.97 Å². The van der Waals surface area contributed by atoms with Crippen LogP contribution in [0.4, 0.5) is 10.2 Å². The van der Waals surface area contributed by atoms with E-state index in [0.29, 0.717) is 11.6 Å². The Bertz CT molecular complexity index is 579. The molecule has 0 aliphatic rings. The third-order valence-electron chi connectivity index (χ3n) is 2.74. The maximum Gasteiger partial charge on any atom is 0.130 e. The smallest absolute Gasteiger partial charge is 0.130 e. The Morgan fingerprint density at radius 1 is 1.12 bits per heavy atom. The number of rotatable bonds is 1. The average molecular weight is 231 g/mol. The fraction of sp³-hybridized carbons (Fsp3) is 0.231. The molecule has 1 heterocycles. The highest BCUT2D eigenvalue weighted by molar-refractivity contribution is 5.70. The number of hydrogen-bond acceptors (Lipinski definition) is 3. The summed E-state index contributed by atoms with van der Waals surface area (Å²) in [5, 5.41) is 0. The van der Waals surface area contributed by atoms with Crippen molar-refractivity contribution in [2.24, 2.45) is 0 Å². The molecule has 1 aromatic heterocycles. The van der Waals surface area contributed by atoms with Gasteiger partial charge in [0.25, 0.3) is 0 Å². The minimum Gasteiger partial charge on any atom is -0.383 e. The topological polar surface area (TPSA) is 51.8 Å². The van der Waals surface area contributed by atoms with E-state index < -0.39 is 0 Å². The lowest BCUT2D eigenvalue weighted by Gasteiger charge is -2.10. The van der Waals surface area contributed by atoms with Crippen molar-refractivity contribution >= 4 is 5.82 Å². The molecule has 3 nitrogen and oxygen atoms in total. The van der Waals surface area contributed by atoms with Gasteiger partial charge in [-0.3, -0.25) is 0 Å². The molecule has 0 radical (unpaired) electrons. The molecule has 0 saturated heterocycles. The highest BCUT2D eigenvalue weighted by Crippen LogP contribution is 2.27. The summed E-state index contributed by atoms with van der Waals surface area (Å²) in [5.41, 5.74) is 9.14. The van der Waals surface area contributed by atoms with E-state index in [1.807, 2.05) is 13.8 Å². The van der Waals surface area contributed by atoms with Crippen LogP contribution in [0.3, 0.4) is 0 Å². The molecule has 17 heavy (non-hydrogen) atoms. The summed E-state index contributed by atoms with van der Waals surface area (Å²) in [6.07, 6.45) is 0. The van der Waals surface area contributed by atoms with Crippen LogP contribution < -0.4 is 5.73 Å². The molecule has 0 saturated carbocycles. The lowest BCUT2D eigenvalue weighted by atomic mass is 10.0. The van der Waals surface area contributed by atoms with Gasteiger partial charge in [0.1, 0.15) is 17.5 Å². The number of anilines is 1. The average Bonchev–Trinajstić information content (AvgIpc) is 2.24. The van der Waals surface area contributed by atoms with Gasteiger partial charge >= 0.3 is 0 Å². The Kier molecular flexibility index (Phi) is 2.79. The van der Waals surface area contributed by atoms with Crippen LogP contribution in [0.5, 0.6) is 0 Å². The molecular weight excluding hydrogens is 217 g/mol. The maximum absolute atomic E-state index is 13.1. The molecule has 1 aromatic carbocycles. The molecule has 0 unspecified atom stereocenters. The Balaban J connectivity index is 2.68. The van der Waals surface area contributed by atoms with Crippen molar-refractivity contribution in [1.29, 1.82) is 0 Å². The van der Waals surface area contributed by atoms with Gasteiger partial charge in [-0.25, -0.2) is 14.4 Å². The zero-order valence-electron chi connectivity index (χ0n) is 10.1. The van der Waals surface area contributed by atoms with Crippen LogP contribution >= 0.6 is 0 Å². The monoisotopic (exact) mass is 231 g/mol. The minimum atomic E-state index is -0.248. The summed E-state index contributed by atoms with van der Waals surface area (Å²) in [6.45, 7) is 5.51. The maximum atomic E-state index is 13.1. The van der Waals surface area contributed by atoms with Crippen LogP contribution in [0.25, 0.3) is 11.3 Å². The number of hydrogen-bond donors (Lipinski definition) is 1. The van der Waals surface area contributed by atoms with Crippen LogP contribution in [-0.2, 0) is 0 Å². The highest BCUT2D eigenvalue weighted by Gasteiger charge is 2.11. The summed E-state index contributed by atoms with van der Waals surface area (Å²) in [4.78, 5) is 8.48. The van der Waals surface area contributed by atoms with E-state index in [0.717, 1.165) is 22.4 Å². The van der Waals surface area contributed by atoms with Crippen molar-refractivity contribution in [3.05, 3.63) is 41.0 Å². The van der Waals surface area contributed by atoms with Gasteiger partial charge in [0, 0.05) is 11.1 Å².